The van der Waals surface area contributed by atoms with Gasteiger partial charge in [0.2, 0.25) is 0 Å². The number of allylic oxidation sites excluding steroid dienone is 6. The van der Waals surface area contributed by atoms with Crippen LogP contribution >= 0.6 is 11.8 Å². The Morgan fingerprint density at radius 2 is 1.61 bits per heavy atom. The third-order valence-corrected chi connectivity index (χ3v) is 12.6. The van der Waals surface area contributed by atoms with Crippen LogP contribution in [-0.2, 0) is 10.0 Å². The second-order valence-corrected chi connectivity index (χ2v) is 17.2. The molecular formula is C42H50N4O3S2. The van der Waals surface area contributed by atoms with Crippen molar-refractivity contribution in [3.05, 3.63) is 130 Å². The van der Waals surface area contributed by atoms with E-state index < -0.39 is 15.9 Å². The van der Waals surface area contributed by atoms with Gasteiger partial charge in [-0.3, -0.25) is 9.69 Å². The van der Waals surface area contributed by atoms with Gasteiger partial charge in [0, 0.05) is 61.0 Å². The number of sulfonamides is 1. The summed E-state index contributed by atoms with van der Waals surface area (Å²) < 4.78 is 28.8. The van der Waals surface area contributed by atoms with Crippen molar-refractivity contribution >= 4 is 44.6 Å². The normalized spacial score (nSPS) is 17.0. The Morgan fingerprint density at radius 1 is 0.882 bits per heavy atom. The smallest absolute Gasteiger partial charge is 0.264 e. The van der Waals surface area contributed by atoms with Crippen molar-refractivity contribution < 1.29 is 13.2 Å². The number of nitrogens with zero attached hydrogens (tertiary/aromatic N) is 2. The molecule has 3 aliphatic rings. The number of amides is 1. The molecule has 1 saturated heterocycles. The predicted octanol–water partition coefficient (Wildman–Crippen LogP) is 8.51. The number of aryl methyl sites for hydroxylation is 2. The van der Waals surface area contributed by atoms with Crippen molar-refractivity contribution in [2.45, 2.75) is 63.8 Å². The molecule has 51 heavy (non-hydrogen) atoms. The Bertz CT molecular complexity index is 1950. The first-order valence-electron chi connectivity index (χ1n) is 17.9. The van der Waals surface area contributed by atoms with Gasteiger partial charge in [-0.2, -0.15) is 0 Å². The van der Waals surface area contributed by atoms with Crippen LogP contribution in [0.4, 0.5) is 11.4 Å². The number of rotatable bonds is 12. The number of thioether (sulfide) groups is 1. The van der Waals surface area contributed by atoms with Gasteiger partial charge in [0.15, 0.2) is 0 Å². The molecule has 2 N–H and O–H groups in total. The van der Waals surface area contributed by atoms with Crippen LogP contribution in [0.15, 0.2) is 112 Å². The van der Waals surface area contributed by atoms with Gasteiger partial charge in [0.25, 0.3) is 15.9 Å². The molecule has 0 unspecified atom stereocenters. The maximum Gasteiger partial charge on any atom is 0.264 e. The van der Waals surface area contributed by atoms with Crippen LogP contribution in [0.2, 0.25) is 0 Å². The molecule has 3 aromatic rings. The molecule has 7 nitrogen and oxygen atoms in total. The molecule has 0 atom stereocenters. The standard InChI is InChI=1S/C42H50N4O3S2/c1-31-14-16-33(17-15-31)39-13-9-8-10-35(39)29-45-24-26-46(27-25-45)36-20-18-34(19-21-36)41(47)44-51(48,49)38-22-23-40(32(2)28-38)43-42(3,4)30-50-37-11-6-5-7-12-37/h5-6,10-11,13-23,28,43H,7-9,12,24-27,29-30H2,1-4H3,(H,44,47). The lowest BCUT2D eigenvalue weighted by molar-refractivity contribution is 0.0981. The second-order valence-electron chi connectivity index (χ2n) is 14.4. The maximum atomic E-state index is 13.3. The van der Waals surface area contributed by atoms with Crippen LogP contribution in [0.25, 0.3) is 5.57 Å². The van der Waals surface area contributed by atoms with Crippen LogP contribution in [0, 0.1) is 13.8 Å². The average molecular weight is 723 g/mol. The molecule has 1 amide bonds. The first-order valence-corrected chi connectivity index (χ1v) is 20.4. The largest absolute Gasteiger partial charge is 0.379 e. The molecule has 0 radical (unpaired) electrons. The minimum absolute atomic E-state index is 0.0604. The van der Waals surface area contributed by atoms with E-state index >= 15 is 0 Å². The Morgan fingerprint density at radius 3 is 2.29 bits per heavy atom. The van der Waals surface area contributed by atoms with Gasteiger partial charge >= 0.3 is 0 Å². The lowest BCUT2D eigenvalue weighted by Crippen LogP contribution is -2.47. The van der Waals surface area contributed by atoms with Crippen LogP contribution in [0.3, 0.4) is 0 Å². The third-order valence-electron chi connectivity index (χ3n) is 9.68. The highest BCUT2D eigenvalue weighted by Gasteiger charge is 2.24. The van der Waals surface area contributed by atoms with E-state index in [2.05, 4.69) is 95.3 Å². The van der Waals surface area contributed by atoms with Gasteiger partial charge in [-0.1, -0.05) is 60.2 Å². The number of carbonyl (C=O) groups is 1. The summed E-state index contributed by atoms with van der Waals surface area (Å²) in [5.41, 5.74) is 8.12. The highest BCUT2D eigenvalue weighted by atomic mass is 32.2. The van der Waals surface area contributed by atoms with Gasteiger partial charge in [0.05, 0.1) is 4.90 Å². The summed E-state index contributed by atoms with van der Waals surface area (Å²) in [7, 11) is -4.06. The average Bonchev–Trinajstić information content (AvgIpc) is 3.13. The summed E-state index contributed by atoms with van der Waals surface area (Å²) in [5.74, 6) is 0.234. The molecule has 9 heteroatoms. The molecule has 0 bridgehead atoms. The first kappa shape index (κ1) is 36.7. The lowest BCUT2D eigenvalue weighted by atomic mass is 9.91. The second kappa shape index (κ2) is 16.1. The van der Waals surface area contributed by atoms with Gasteiger partial charge in [-0.25, -0.2) is 13.1 Å². The van der Waals surface area contributed by atoms with Gasteiger partial charge in [-0.15, -0.1) is 11.8 Å². The number of hydrogen-bond acceptors (Lipinski definition) is 7. The number of nitrogens with one attached hydrogen (secondary N) is 2. The lowest BCUT2D eigenvalue weighted by Gasteiger charge is -2.37. The minimum Gasteiger partial charge on any atom is -0.379 e. The van der Waals surface area contributed by atoms with Crippen LogP contribution in [0.5, 0.6) is 0 Å². The Kier molecular flexibility index (Phi) is 11.6. The van der Waals surface area contributed by atoms with E-state index in [1.165, 1.54) is 27.2 Å². The fraction of sp³-hybridized carbons (Fsp3) is 0.357. The molecule has 1 aliphatic heterocycles. The van der Waals surface area contributed by atoms with E-state index in [-0.39, 0.29) is 10.4 Å². The summed E-state index contributed by atoms with van der Waals surface area (Å²) in [4.78, 5) is 19.4. The molecule has 6 rings (SSSR count). The van der Waals surface area contributed by atoms with Crippen molar-refractivity contribution in [1.82, 2.24) is 9.62 Å². The zero-order chi connectivity index (χ0) is 36.0. The SMILES string of the molecule is Cc1ccc(C2=CCCC=C2CN2CCN(c3ccc(C(=O)NS(=O)(=O)c4ccc(NC(C)(C)CSC5=CC=CCC5)c(C)c4)cc3)CC2)cc1. The van der Waals surface area contributed by atoms with Crippen molar-refractivity contribution in [2.75, 3.05) is 48.7 Å². The van der Waals surface area contributed by atoms with Crippen LogP contribution in [-0.4, -0.2) is 63.2 Å². The van der Waals surface area contributed by atoms with E-state index in [4.69, 9.17) is 0 Å². The fourth-order valence-corrected chi connectivity index (χ4v) is 8.81. The Hall–Kier alpha value is -4.05. The highest BCUT2D eigenvalue weighted by Crippen LogP contribution is 2.32. The zero-order valence-corrected chi connectivity index (χ0v) is 31.9. The topological polar surface area (TPSA) is 81.8 Å². The van der Waals surface area contributed by atoms with Crippen molar-refractivity contribution in [2.24, 2.45) is 0 Å². The van der Waals surface area contributed by atoms with Gasteiger partial charge in [0.1, 0.15) is 0 Å². The molecule has 0 aromatic heterocycles. The van der Waals surface area contributed by atoms with Gasteiger partial charge < -0.3 is 10.2 Å². The molecule has 0 spiro atoms. The first-order chi connectivity index (χ1) is 24.5. The minimum atomic E-state index is -4.06. The van der Waals surface area contributed by atoms with Gasteiger partial charge in [-0.05, 0) is 123 Å². The van der Waals surface area contributed by atoms with Crippen molar-refractivity contribution in [1.29, 1.82) is 0 Å². The number of anilines is 2. The fourth-order valence-electron chi connectivity index (χ4n) is 6.70. The summed E-state index contributed by atoms with van der Waals surface area (Å²) in [6.07, 6.45) is 15.6. The summed E-state index contributed by atoms with van der Waals surface area (Å²) in [5, 5.41) is 3.57. The number of benzene rings is 3. The van der Waals surface area contributed by atoms with E-state index in [0.717, 1.165) is 81.1 Å². The number of hydrogen-bond donors (Lipinski definition) is 2. The monoisotopic (exact) mass is 722 g/mol. The van der Waals surface area contributed by atoms with Crippen LogP contribution in [0.1, 0.15) is 66.6 Å². The molecular weight excluding hydrogens is 673 g/mol. The Balaban J connectivity index is 1.00. The van der Waals surface area contributed by atoms with Crippen molar-refractivity contribution in [3.8, 4) is 0 Å². The maximum absolute atomic E-state index is 13.3. The third kappa shape index (κ3) is 9.64. The van der Waals surface area contributed by atoms with Crippen LogP contribution < -0.4 is 14.9 Å². The molecule has 2 aliphatic carbocycles. The van der Waals surface area contributed by atoms with E-state index in [1.54, 1.807) is 30.3 Å². The Labute approximate surface area is 308 Å². The van der Waals surface area contributed by atoms with Crippen molar-refractivity contribution in [3.63, 3.8) is 0 Å². The molecule has 3 aromatic carbocycles. The van der Waals surface area contributed by atoms with E-state index in [9.17, 15) is 13.2 Å². The van der Waals surface area contributed by atoms with E-state index in [0.29, 0.717) is 5.56 Å². The number of piperazine rings is 1. The molecule has 1 fully saturated rings. The highest BCUT2D eigenvalue weighted by molar-refractivity contribution is 8.03. The zero-order valence-electron chi connectivity index (χ0n) is 30.2. The summed E-state index contributed by atoms with van der Waals surface area (Å²) >= 11 is 1.85. The quantitative estimate of drug-likeness (QED) is 0.194. The molecule has 0 saturated carbocycles. The molecule has 1 heterocycles. The molecule has 268 valence electrons. The van der Waals surface area contributed by atoms with E-state index in [1.807, 2.05) is 30.8 Å². The number of carbonyl (C=O) groups excluding carboxylic acids is 1. The summed E-state index contributed by atoms with van der Waals surface area (Å²) in [6, 6.07) is 21.0. The summed E-state index contributed by atoms with van der Waals surface area (Å²) in [6.45, 7) is 12.9. The predicted molar refractivity (Wildman–Crippen MR) is 214 cm³/mol.